The monoisotopic (exact) mass is 169 g/mol. The highest BCUT2D eigenvalue weighted by atomic mass is 19.1. The molecule has 0 aliphatic carbocycles. The summed E-state index contributed by atoms with van der Waals surface area (Å²) in [5, 5.41) is 8.44. The lowest BCUT2D eigenvalue weighted by atomic mass is 10.2. The third kappa shape index (κ3) is 17.7. The van der Waals surface area contributed by atoms with E-state index in [4.69, 9.17) is 15.6 Å². The van der Waals surface area contributed by atoms with E-state index in [9.17, 15) is 8.78 Å². The minimum Gasteiger partial charge on any atom is -0.389 e. The summed E-state index contributed by atoms with van der Waals surface area (Å²) in [6, 6.07) is -1.79. The van der Waals surface area contributed by atoms with Crippen molar-refractivity contribution in [2.75, 3.05) is 6.67 Å². The second kappa shape index (κ2) is 7.56. The van der Waals surface area contributed by atoms with E-state index in [1.165, 1.54) is 0 Å². The van der Waals surface area contributed by atoms with Crippen LogP contribution < -0.4 is 5.73 Å². The van der Waals surface area contributed by atoms with Crippen LogP contribution in [0.5, 0.6) is 0 Å². The van der Waals surface area contributed by atoms with E-state index in [1.807, 2.05) is 0 Å². The molecule has 2 unspecified atom stereocenters. The third-order valence-electron chi connectivity index (χ3n) is 0.765. The van der Waals surface area contributed by atoms with E-state index in [2.05, 4.69) is 0 Å². The molecule has 3 nitrogen and oxygen atoms in total. The van der Waals surface area contributed by atoms with Gasteiger partial charge in [0.25, 0.3) is 6.04 Å². The van der Waals surface area contributed by atoms with Crippen molar-refractivity contribution >= 4 is 6.04 Å². The summed E-state index contributed by atoms with van der Waals surface area (Å²) in [6.45, 7) is 1.67. The SMILES string of the molecule is CC(=O)F.CC(N)C(O)CF. The van der Waals surface area contributed by atoms with E-state index in [-0.39, 0.29) is 0 Å². The van der Waals surface area contributed by atoms with Crippen LogP contribution in [0.2, 0.25) is 0 Å². The van der Waals surface area contributed by atoms with Crippen molar-refractivity contribution in [2.45, 2.75) is 26.0 Å². The summed E-state index contributed by atoms with van der Waals surface area (Å²) in [7, 11) is 0. The number of aliphatic hydroxyl groups excluding tert-OH is 1. The summed E-state index contributed by atoms with van der Waals surface area (Å²) in [4.78, 5) is 8.78. The first-order valence-electron chi connectivity index (χ1n) is 3.07. The minimum absolute atomic E-state index is 0.454. The molecule has 0 rings (SSSR count). The van der Waals surface area contributed by atoms with Crippen LogP contribution >= 0.6 is 0 Å². The zero-order valence-electron chi connectivity index (χ0n) is 6.55. The lowest BCUT2D eigenvalue weighted by Crippen LogP contribution is -2.32. The van der Waals surface area contributed by atoms with E-state index in [1.54, 1.807) is 6.92 Å². The van der Waals surface area contributed by atoms with Gasteiger partial charge in [-0.1, -0.05) is 0 Å². The largest absolute Gasteiger partial charge is 0.389 e. The molecule has 0 spiro atoms. The highest BCUT2D eigenvalue weighted by molar-refractivity contribution is 5.64. The van der Waals surface area contributed by atoms with E-state index in [0.717, 1.165) is 6.92 Å². The second-order valence-corrected chi connectivity index (χ2v) is 2.05. The molecule has 68 valence electrons. The average Bonchev–Trinajstić information content (AvgIpc) is 1.85. The summed E-state index contributed by atoms with van der Waals surface area (Å²) < 4.78 is 21.7. The first-order valence-corrected chi connectivity index (χ1v) is 3.07. The Balaban J connectivity index is 0. The molecule has 0 aromatic carbocycles. The van der Waals surface area contributed by atoms with Crippen LogP contribution in [0.4, 0.5) is 8.78 Å². The van der Waals surface area contributed by atoms with Crippen molar-refractivity contribution < 1.29 is 18.7 Å². The summed E-state index contributed by atoms with van der Waals surface area (Å²) >= 11 is 0. The van der Waals surface area contributed by atoms with Gasteiger partial charge in [0, 0.05) is 13.0 Å². The van der Waals surface area contributed by atoms with Crippen LogP contribution in [0.1, 0.15) is 13.8 Å². The number of aliphatic hydroxyl groups is 1. The molecule has 0 aromatic rings. The van der Waals surface area contributed by atoms with Gasteiger partial charge in [0.05, 0.1) is 6.10 Å². The van der Waals surface area contributed by atoms with Gasteiger partial charge in [0.1, 0.15) is 6.67 Å². The summed E-state index contributed by atoms with van der Waals surface area (Å²) in [6.07, 6.45) is -0.986. The Morgan fingerprint density at radius 3 is 2.00 bits per heavy atom. The fourth-order valence-corrected chi connectivity index (χ4v) is 0.141. The smallest absolute Gasteiger partial charge is 0.298 e. The molecule has 0 aliphatic heterocycles. The standard InChI is InChI=1S/C4H10FNO.C2H3FO/c1-3(6)4(7)2-5;1-2(3)4/h3-4,7H,2,6H2,1H3;1H3. The number of carbonyl (C=O) groups excluding carboxylic acids is 1. The molecule has 2 atom stereocenters. The first kappa shape index (κ1) is 13.1. The number of hydrogen-bond donors (Lipinski definition) is 2. The number of alkyl halides is 1. The molecule has 0 heterocycles. The van der Waals surface area contributed by atoms with Gasteiger partial charge in [-0.2, -0.15) is 4.39 Å². The topological polar surface area (TPSA) is 63.3 Å². The van der Waals surface area contributed by atoms with Gasteiger partial charge in [0.15, 0.2) is 0 Å². The van der Waals surface area contributed by atoms with Crippen LogP contribution in [0.15, 0.2) is 0 Å². The fraction of sp³-hybridized carbons (Fsp3) is 0.833. The quantitative estimate of drug-likeness (QED) is 0.579. The number of halogens is 2. The molecule has 5 heteroatoms. The Kier molecular flexibility index (Phi) is 8.98. The van der Waals surface area contributed by atoms with Crippen molar-refractivity contribution in [3.8, 4) is 0 Å². The molecular weight excluding hydrogens is 156 g/mol. The molecule has 0 amide bonds. The minimum atomic E-state index is -1.33. The summed E-state index contributed by atoms with van der Waals surface area (Å²) in [5.41, 5.74) is 5.06. The molecule has 0 fully saturated rings. The normalized spacial score (nSPS) is 14.4. The van der Waals surface area contributed by atoms with Gasteiger partial charge < -0.3 is 10.8 Å². The van der Waals surface area contributed by atoms with Crippen LogP contribution in [-0.4, -0.2) is 30.0 Å². The van der Waals surface area contributed by atoms with Crippen LogP contribution in [0, 0.1) is 0 Å². The zero-order chi connectivity index (χ0) is 9.44. The molecule has 0 saturated carbocycles. The number of nitrogens with two attached hydrogens (primary N) is 1. The zero-order valence-corrected chi connectivity index (χ0v) is 6.55. The predicted molar refractivity (Wildman–Crippen MR) is 37.4 cm³/mol. The number of carbonyl (C=O) groups is 1. The molecule has 0 aliphatic rings. The van der Waals surface area contributed by atoms with Crippen LogP contribution in [0.3, 0.4) is 0 Å². The van der Waals surface area contributed by atoms with Gasteiger partial charge >= 0.3 is 0 Å². The predicted octanol–water partition coefficient (Wildman–Crippen LogP) is 0.166. The third-order valence-corrected chi connectivity index (χ3v) is 0.765. The lowest BCUT2D eigenvalue weighted by molar-refractivity contribution is -0.126. The van der Waals surface area contributed by atoms with E-state index < -0.39 is 24.9 Å². The second-order valence-electron chi connectivity index (χ2n) is 2.05. The van der Waals surface area contributed by atoms with Crippen molar-refractivity contribution in [3.63, 3.8) is 0 Å². The maximum Gasteiger partial charge on any atom is 0.298 e. The van der Waals surface area contributed by atoms with Crippen molar-refractivity contribution in [2.24, 2.45) is 5.73 Å². The fourth-order valence-electron chi connectivity index (χ4n) is 0.141. The molecular formula is C6H13F2NO2. The lowest BCUT2D eigenvalue weighted by Gasteiger charge is -2.07. The Labute approximate surface area is 64.2 Å². The van der Waals surface area contributed by atoms with Crippen LogP contribution in [0.25, 0.3) is 0 Å². The first-order chi connectivity index (χ1) is 4.91. The Hall–Kier alpha value is -0.550. The van der Waals surface area contributed by atoms with E-state index in [0.29, 0.717) is 0 Å². The number of rotatable bonds is 2. The Morgan fingerprint density at radius 1 is 1.73 bits per heavy atom. The van der Waals surface area contributed by atoms with Gasteiger partial charge in [-0.3, -0.25) is 4.79 Å². The van der Waals surface area contributed by atoms with Gasteiger partial charge in [-0.25, -0.2) is 4.39 Å². The number of hydrogen-bond acceptors (Lipinski definition) is 3. The molecule has 3 N–H and O–H groups in total. The highest BCUT2D eigenvalue weighted by Crippen LogP contribution is 1.87. The molecule has 11 heavy (non-hydrogen) atoms. The molecule has 0 radical (unpaired) electrons. The maximum atomic E-state index is 11.3. The Bertz CT molecular complexity index is 105. The molecule has 0 aromatic heterocycles. The molecule has 0 saturated heterocycles. The maximum absolute atomic E-state index is 11.3. The van der Waals surface area contributed by atoms with Gasteiger partial charge in [-0.05, 0) is 6.92 Å². The van der Waals surface area contributed by atoms with Gasteiger partial charge in [0.2, 0.25) is 0 Å². The van der Waals surface area contributed by atoms with Crippen molar-refractivity contribution in [1.29, 1.82) is 0 Å². The van der Waals surface area contributed by atoms with Crippen LogP contribution in [-0.2, 0) is 4.79 Å². The summed E-state index contributed by atoms with van der Waals surface area (Å²) in [5.74, 6) is 0. The average molecular weight is 169 g/mol. The highest BCUT2D eigenvalue weighted by Gasteiger charge is 2.06. The molecule has 0 bridgehead atoms. The van der Waals surface area contributed by atoms with Gasteiger partial charge in [-0.15, -0.1) is 0 Å². The van der Waals surface area contributed by atoms with Crippen molar-refractivity contribution in [1.82, 2.24) is 0 Å². The Morgan fingerprint density at radius 2 is 2.00 bits per heavy atom. The van der Waals surface area contributed by atoms with E-state index >= 15 is 0 Å². The van der Waals surface area contributed by atoms with Crippen molar-refractivity contribution in [3.05, 3.63) is 0 Å².